The molecular weight excluding hydrogens is 328 g/mol. The summed E-state index contributed by atoms with van der Waals surface area (Å²) in [6.45, 7) is 1.42. The van der Waals surface area contributed by atoms with Gasteiger partial charge in [-0.3, -0.25) is 9.78 Å². The largest absolute Gasteiger partial charge is 0.444 e. The van der Waals surface area contributed by atoms with Gasteiger partial charge in [-0.05, 0) is 37.5 Å². The summed E-state index contributed by atoms with van der Waals surface area (Å²) < 4.78 is 5.53. The molecule has 3 rings (SSSR count). The average Bonchev–Trinajstić information content (AvgIpc) is 2.72. The fourth-order valence-corrected chi connectivity index (χ4v) is 2.95. The quantitative estimate of drug-likeness (QED) is 0.613. The van der Waals surface area contributed by atoms with Crippen molar-refractivity contribution >= 4 is 18.0 Å². The van der Waals surface area contributed by atoms with E-state index >= 15 is 0 Å². The minimum atomic E-state index is -0.921. The molecule has 2 heterocycles. The second-order valence-electron chi connectivity index (χ2n) is 6.20. The van der Waals surface area contributed by atoms with E-state index < -0.39 is 12.1 Å². The fraction of sp³-hybridized carbons (Fsp3) is 0.286. The Bertz CT molecular complexity index is 753. The van der Waals surface area contributed by atoms with Crippen LogP contribution >= 0.6 is 0 Å². The molecule has 1 aromatic heterocycles. The summed E-state index contributed by atoms with van der Waals surface area (Å²) >= 11 is 0. The van der Waals surface area contributed by atoms with Gasteiger partial charge in [0.1, 0.15) is 0 Å². The van der Waals surface area contributed by atoms with Gasteiger partial charge in [-0.2, -0.15) is 0 Å². The molecular formula is C21H22N2O3. The van der Waals surface area contributed by atoms with Crippen LogP contribution in [0, 0.1) is 0 Å². The Morgan fingerprint density at radius 1 is 1.00 bits per heavy atom. The Balaban J connectivity index is 1.74. The number of nitrogens with zero attached hydrogens (tertiary/aromatic N) is 2. The number of amides is 1. The summed E-state index contributed by atoms with van der Waals surface area (Å²) in [7, 11) is 0. The zero-order chi connectivity index (χ0) is 18.2. The molecule has 0 saturated carbocycles. The van der Waals surface area contributed by atoms with E-state index in [4.69, 9.17) is 4.74 Å². The van der Waals surface area contributed by atoms with E-state index in [1.807, 2.05) is 36.4 Å². The Hall–Kier alpha value is -2.95. The molecule has 0 radical (unpaired) electrons. The first-order valence-corrected chi connectivity index (χ1v) is 8.87. The number of carbonyl (C=O) groups excluding carboxylic acids is 2. The maximum absolute atomic E-state index is 12.9. The van der Waals surface area contributed by atoms with Crippen molar-refractivity contribution in [3.8, 4) is 0 Å². The normalized spacial score (nSPS) is 15.6. The topological polar surface area (TPSA) is 59.5 Å². The molecule has 1 aliphatic rings. The molecule has 1 unspecified atom stereocenters. The smallest absolute Gasteiger partial charge is 0.331 e. The lowest BCUT2D eigenvalue weighted by atomic mass is 10.1. The lowest BCUT2D eigenvalue weighted by molar-refractivity contribution is -0.157. The number of hydrogen-bond donors (Lipinski definition) is 0. The Labute approximate surface area is 153 Å². The Morgan fingerprint density at radius 3 is 2.42 bits per heavy atom. The molecule has 0 spiro atoms. The molecule has 134 valence electrons. The first-order chi connectivity index (χ1) is 12.7. The number of piperidine rings is 1. The van der Waals surface area contributed by atoms with Crippen LogP contribution in [0.4, 0.5) is 0 Å². The number of esters is 1. The van der Waals surface area contributed by atoms with E-state index in [0.717, 1.165) is 19.3 Å². The molecule has 26 heavy (non-hydrogen) atoms. The molecule has 1 atom stereocenters. The molecule has 0 bridgehead atoms. The summed E-state index contributed by atoms with van der Waals surface area (Å²) in [5.74, 6) is -0.717. The van der Waals surface area contributed by atoms with Gasteiger partial charge < -0.3 is 9.64 Å². The van der Waals surface area contributed by atoms with E-state index in [1.165, 1.54) is 6.08 Å². The third kappa shape index (κ3) is 4.79. The Morgan fingerprint density at radius 2 is 1.73 bits per heavy atom. The van der Waals surface area contributed by atoms with E-state index in [1.54, 1.807) is 29.3 Å². The SMILES string of the molecule is O=C(C=Cc1ccccn1)OC(C(=O)N1CCCCC1)c1ccccc1. The highest BCUT2D eigenvalue weighted by atomic mass is 16.5. The van der Waals surface area contributed by atoms with Gasteiger partial charge in [-0.25, -0.2) is 4.79 Å². The first-order valence-electron chi connectivity index (χ1n) is 8.87. The van der Waals surface area contributed by atoms with Crippen LogP contribution in [-0.4, -0.2) is 34.8 Å². The van der Waals surface area contributed by atoms with Gasteiger partial charge in [0.15, 0.2) is 0 Å². The van der Waals surface area contributed by atoms with Crippen LogP contribution in [-0.2, 0) is 14.3 Å². The van der Waals surface area contributed by atoms with Gasteiger partial charge in [-0.1, -0.05) is 36.4 Å². The third-order valence-electron chi connectivity index (χ3n) is 4.31. The molecule has 1 aliphatic heterocycles. The second kappa shape index (κ2) is 8.94. The number of likely N-dealkylation sites (tertiary alicyclic amines) is 1. The molecule has 1 aromatic carbocycles. The zero-order valence-electron chi connectivity index (χ0n) is 14.6. The van der Waals surface area contributed by atoms with Crippen LogP contribution in [0.2, 0.25) is 0 Å². The molecule has 1 saturated heterocycles. The van der Waals surface area contributed by atoms with Crippen molar-refractivity contribution in [3.63, 3.8) is 0 Å². The van der Waals surface area contributed by atoms with E-state index in [-0.39, 0.29) is 5.91 Å². The number of aromatic nitrogens is 1. The highest BCUT2D eigenvalue weighted by Gasteiger charge is 2.29. The molecule has 1 amide bonds. The maximum atomic E-state index is 12.9. The standard InChI is InChI=1S/C21H22N2O3/c24-19(13-12-18-11-5-6-14-22-18)26-20(17-9-3-1-4-10-17)21(25)23-15-7-2-8-16-23/h1,3-6,9-14,20H,2,7-8,15-16H2. The van der Waals surface area contributed by atoms with Crippen molar-refractivity contribution in [1.82, 2.24) is 9.88 Å². The molecule has 5 nitrogen and oxygen atoms in total. The van der Waals surface area contributed by atoms with Crippen LogP contribution in [0.15, 0.2) is 60.8 Å². The average molecular weight is 350 g/mol. The van der Waals surface area contributed by atoms with Crippen LogP contribution in [0.3, 0.4) is 0 Å². The van der Waals surface area contributed by atoms with Gasteiger partial charge in [0.05, 0.1) is 5.69 Å². The molecule has 5 heteroatoms. The summed E-state index contributed by atoms with van der Waals surface area (Å²) in [4.78, 5) is 31.1. The number of ether oxygens (including phenoxy) is 1. The summed E-state index contributed by atoms with van der Waals surface area (Å²) in [5.41, 5.74) is 1.34. The highest BCUT2D eigenvalue weighted by molar-refractivity contribution is 5.90. The number of carbonyl (C=O) groups is 2. The maximum Gasteiger partial charge on any atom is 0.331 e. The summed E-state index contributed by atoms with van der Waals surface area (Å²) in [6.07, 6.45) is 6.72. The number of benzene rings is 1. The second-order valence-corrected chi connectivity index (χ2v) is 6.20. The fourth-order valence-electron chi connectivity index (χ4n) is 2.95. The predicted molar refractivity (Wildman–Crippen MR) is 99.0 cm³/mol. The summed E-state index contributed by atoms with van der Waals surface area (Å²) in [5, 5.41) is 0. The number of hydrogen-bond acceptors (Lipinski definition) is 4. The van der Waals surface area contributed by atoms with Gasteiger partial charge in [0, 0.05) is 30.9 Å². The lowest BCUT2D eigenvalue weighted by Crippen LogP contribution is -2.40. The van der Waals surface area contributed by atoms with Crippen molar-refractivity contribution in [3.05, 3.63) is 72.1 Å². The predicted octanol–water partition coefficient (Wildman–Crippen LogP) is 3.39. The van der Waals surface area contributed by atoms with Crippen LogP contribution in [0.1, 0.15) is 36.6 Å². The molecule has 2 aromatic rings. The molecule has 0 aliphatic carbocycles. The van der Waals surface area contributed by atoms with Crippen molar-refractivity contribution in [2.75, 3.05) is 13.1 Å². The van der Waals surface area contributed by atoms with Gasteiger partial charge in [0.2, 0.25) is 6.10 Å². The van der Waals surface area contributed by atoms with Gasteiger partial charge in [-0.15, -0.1) is 0 Å². The van der Waals surface area contributed by atoms with Crippen molar-refractivity contribution in [2.24, 2.45) is 0 Å². The highest BCUT2D eigenvalue weighted by Crippen LogP contribution is 2.23. The summed E-state index contributed by atoms with van der Waals surface area (Å²) in [6, 6.07) is 14.6. The number of rotatable bonds is 5. The van der Waals surface area contributed by atoms with Crippen LogP contribution in [0.5, 0.6) is 0 Å². The van der Waals surface area contributed by atoms with Crippen molar-refractivity contribution in [1.29, 1.82) is 0 Å². The minimum Gasteiger partial charge on any atom is -0.444 e. The van der Waals surface area contributed by atoms with Gasteiger partial charge >= 0.3 is 5.97 Å². The molecule has 0 N–H and O–H groups in total. The lowest BCUT2D eigenvalue weighted by Gasteiger charge is -2.30. The van der Waals surface area contributed by atoms with E-state index in [2.05, 4.69) is 4.98 Å². The first kappa shape index (κ1) is 17.9. The monoisotopic (exact) mass is 350 g/mol. The van der Waals surface area contributed by atoms with Crippen LogP contribution in [0.25, 0.3) is 6.08 Å². The third-order valence-corrected chi connectivity index (χ3v) is 4.31. The minimum absolute atomic E-state index is 0.157. The van der Waals surface area contributed by atoms with Crippen molar-refractivity contribution < 1.29 is 14.3 Å². The van der Waals surface area contributed by atoms with Crippen molar-refractivity contribution in [2.45, 2.75) is 25.4 Å². The molecule has 1 fully saturated rings. The Kier molecular flexibility index (Phi) is 6.14. The van der Waals surface area contributed by atoms with E-state index in [0.29, 0.717) is 24.3 Å². The zero-order valence-corrected chi connectivity index (χ0v) is 14.6. The van der Waals surface area contributed by atoms with Gasteiger partial charge in [0.25, 0.3) is 5.91 Å². The van der Waals surface area contributed by atoms with E-state index in [9.17, 15) is 9.59 Å². The van der Waals surface area contributed by atoms with Crippen LogP contribution < -0.4 is 0 Å². The number of pyridine rings is 1.